The van der Waals surface area contributed by atoms with Gasteiger partial charge in [0.2, 0.25) is 0 Å². The molecule has 1 amide bonds. The zero-order valence-electron chi connectivity index (χ0n) is 8.19. The fraction of sp³-hybridized carbons (Fsp3) is 0.222. The first kappa shape index (κ1) is 9.45. The van der Waals surface area contributed by atoms with Gasteiger partial charge in [-0.3, -0.25) is 9.89 Å². The van der Waals surface area contributed by atoms with Crippen LogP contribution in [-0.4, -0.2) is 26.1 Å². The van der Waals surface area contributed by atoms with Gasteiger partial charge in [0.05, 0.1) is 6.04 Å². The minimum atomic E-state index is -0.198. The Labute approximate surface area is 86.1 Å². The summed E-state index contributed by atoms with van der Waals surface area (Å²) < 4.78 is 0. The van der Waals surface area contributed by atoms with E-state index >= 15 is 0 Å². The number of hydrogen-bond acceptors (Lipinski definition) is 3. The van der Waals surface area contributed by atoms with Gasteiger partial charge in [-0.15, -0.1) is 0 Å². The number of imidazole rings is 1. The number of aromatic amines is 2. The molecule has 6 nitrogen and oxygen atoms in total. The highest BCUT2D eigenvalue weighted by Crippen LogP contribution is 2.06. The lowest BCUT2D eigenvalue weighted by molar-refractivity contribution is 0.0933. The minimum absolute atomic E-state index is 0.157. The Hall–Kier alpha value is -2.11. The molecule has 0 aliphatic heterocycles. The predicted octanol–water partition coefficient (Wildman–Crippen LogP) is 0.624. The molecule has 15 heavy (non-hydrogen) atoms. The van der Waals surface area contributed by atoms with Crippen LogP contribution in [0.2, 0.25) is 0 Å². The van der Waals surface area contributed by atoms with Crippen molar-refractivity contribution in [1.29, 1.82) is 0 Å². The zero-order valence-corrected chi connectivity index (χ0v) is 8.19. The predicted molar refractivity (Wildman–Crippen MR) is 53.1 cm³/mol. The van der Waals surface area contributed by atoms with Gasteiger partial charge in [0.15, 0.2) is 0 Å². The van der Waals surface area contributed by atoms with E-state index in [0.29, 0.717) is 5.69 Å². The van der Waals surface area contributed by atoms with E-state index in [4.69, 9.17) is 0 Å². The summed E-state index contributed by atoms with van der Waals surface area (Å²) in [6, 6.07) is 1.46. The first-order chi connectivity index (χ1) is 7.27. The Morgan fingerprint density at radius 1 is 1.53 bits per heavy atom. The van der Waals surface area contributed by atoms with E-state index in [9.17, 15) is 4.79 Å². The van der Waals surface area contributed by atoms with Crippen LogP contribution in [0, 0.1) is 0 Å². The normalized spacial score (nSPS) is 12.3. The van der Waals surface area contributed by atoms with Crippen molar-refractivity contribution in [2.75, 3.05) is 0 Å². The van der Waals surface area contributed by atoms with Crippen LogP contribution in [0.4, 0.5) is 0 Å². The summed E-state index contributed by atoms with van der Waals surface area (Å²) in [7, 11) is 0. The lowest BCUT2D eigenvalue weighted by Crippen LogP contribution is -2.27. The third kappa shape index (κ3) is 2.04. The van der Waals surface area contributed by atoms with Crippen molar-refractivity contribution >= 4 is 5.91 Å². The van der Waals surface area contributed by atoms with Crippen LogP contribution in [-0.2, 0) is 0 Å². The van der Waals surface area contributed by atoms with Gasteiger partial charge in [-0.05, 0) is 13.0 Å². The largest absolute Gasteiger partial charge is 0.347 e. The molecule has 0 aromatic carbocycles. The van der Waals surface area contributed by atoms with Gasteiger partial charge in [0.25, 0.3) is 5.91 Å². The Balaban J connectivity index is 2.01. The average molecular weight is 205 g/mol. The summed E-state index contributed by atoms with van der Waals surface area (Å²) in [5, 5.41) is 9.08. The third-order valence-electron chi connectivity index (χ3n) is 2.02. The van der Waals surface area contributed by atoms with Gasteiger partial charge < -0.3 is 10.3 Å². The second-order valence-electron chi connectivity index (χ2n) is 3.14. The van der Waals surface area contributed by atoms with Crippen LogP contribution in [0.3, 0.4) is 0 Å². The molecule has 0 fully saturated rings. The number of carbonyl (C=O) groups excluding carboxylic acids is 1. The Morgan fingerprint density at radius 2 is 2.40 bits per heavy atom. The highest BCUT2D eigenvalue weighted by molar-refractivity contribution is 5.92. The molecule has 0 radical (unpaired) electrons. The second kappa shape index (κ2) is 3.95. The number of nitrogens with one attached hydrogen (secondary N) is 3. The maximum Gasteiger partial charge on any atom is 0.269 e. The smallest absolute Gasteiger partial charge is 0.269 e. The molecule has 0 aliphatic rings. The minimum Gasteiger partial charge on any atom is -0.347 e. The number of hydrogen-bond donors (Lipinski definition) is 3. The van der Waals surface area contributed by atoms with Gasteiger partial charge in [-0.25, -0.2) is 4.98 Å². The number of carbonyl (C=O) groups is 1. The summed E-state index contributed by atoms with van der Waals surface area (Å²) in [4.78, 5) is 18.6. The Kier molecular flexibility index (Phi) is 2.49. The Morgan fingerprint density at radius 3 is 3.00 bits per heavy atom. The van der Waals surface area contributed by atoms with Gasteiger partial charge in [-0.1, -0.05) is 0 Å². The monoisotopic (exact) mass is 205 g/mol. The summed E-state index contributed by atoms with van der Waals surface area (Å²) in [6.45, 7) is 1.85. The number of rotatable bonds is 3. The fourth-order valence-corrected chi connectivity index (χ4v) is 1.24. The van der Waals surface area contributed by atoms with Crippen LogP contribution >= 0.6 is 0 Å². The van der Waals surface area contributed by atoms with Crippen molar-refractivity contribution in [1.82, 2.24) is 25.5 Å². The van der Waals surface area contributed by atoms with E-state index in [2.05, 4.69) is 25.5 Å². The maximum atomic E-state index is 11.6. The van der Waals surface area contributed by atoms with Gasteiger partial charge in [0, 0.05) is 18.6 Å². The van der Waals surface area contributed by atoms with Crippen LogP contribution in [0.5, 0.6) is 0 Å². The lowest BCUT2D eigenvalue weighted by atomic mass is 10.3. The van der Waals surface area contributed by atoms with E-state index in [1.54, 1.807) is 18.5 Å². The summed E-state index contributed by atoms with van der Waals surface area (Å²) in [5.41, 5.74) is 0.438. The second-order valence-corrected chi connectivity index (χ2v) is 3.14. The first-order valence-corrected chi connectivity index (χ1v) is 4.57. The highest BCUT2D eigenvalue weighted by Gasteiger charge is 2.13. The number of aromatic nitrogens is 4. The molecule has 0 saturated carbocycles. The SMILES string of the molecule is CC(NC(=O)c1ccn[nH]1)c1ncc[nH]1. The number of H-pyrrole nitrogens is 2. The third-order valence-corrected chi connectivity index (χ3v) is 2.02. The van der Waals surface area contributed by atoms with E-state index < -0.39 is 0 Å². The van der Waals surface area contributed by atoms with Gasteiger partial charge in [-0.2, -0.15) is 5.10 Å². The molecule has 6 heteroatoms. The van der Waals surface area contributed by atoms with Crippen molar-refractivity contribution in [3.05, 3.63) is 36.2 Å². The molecule has 1 unspecified atom stereocenters. The molecule has 78 valence electrons. The Bertz CT molecular complexity index is 419. The van der Waals surface area contributed by atoms with Crippen LogP contribution in [0.15, 0.2) is 24.7 Å². The molecule has 2 rings (SSSR count). The first-order valence-electron chi connectivity index (χ1n) is 4.57. The fourth-order valence-electron chi connectivity index (χ4n) is 1.24. The maximum absolute atomic E-state index is 11.6. The van der Waals surface area contributed by atoms with Gasteiger partial charge >= 0.3 is 0 Å². The molecule has 0 bridgehead atoms. The number of nitrogens with zero attached hydrogens (tertiary/aromatic N) is 2. The van der Waals surface area contributed by atoms with E-state index in [1.807, 2.05) is 6.92 Å². The molecule has 2 heterocycles. The van der Waals surface area contributed by atoms with Crippen molar-refractivity contribution in [3.63, 3.8) is 0 Å². The molecular weight excluding hydrogens is 194 g/mol. The van der Waals surface area contributed by atoms with Crippen LogP contribution in [0.1, 0.15) is 29.3 Å². The zero-order chi connectivity index (χ0) is 10.7. The quantitative estimate of drug-likeness (QED) is 0.686. The molecular formula is C9H11N5O. The van der Waals surface area contributed by atoms with Crippen molar-refractivity contribution in [3.8, 4) is 0 Å². The average Bonchev–Trinajstić information content (AvgIpc) is 2.91. The van der Waals surface area contributed by atoms with Crippen molar-refractivity contribution in [2.24, 2.45) is 0 Å². The summed E-state index contributed by atoms with van der Waals surface area (Å²) in [5.74, 6) is 0.527. The highest BCUT2D eigenvalue weighted by atomic mass is 16.2. The topological polar surface area (TPSA) is 86.5 Å². The van der Waals surface area contributed by atoms with Crippen molar-refractivity contribution < 1.29 is 4.79 Å². The standard InChI is InChI=1S/C9H11N5O/c1-6(8-10-4-5-11-8)13-9(15)7-2-3-12-14-7/h2-6H,1H3,(H,10,11)(H,12,14)(H,13,15). The molecule has 2 aromatic rings. The molecule has 0 saturated heterocycles. The van der Waals surface area contributed by atoms with E-state index in [1.165, 1.54) is 6.20 Å². The summed E-state index contributed by atoms with van der Waals surface area (Å²) in [6.07, 6.45) is 4.90. The van der Waals surface area contributed by atoms with Crippen LogP contribution < -0.4 is 5.32 Å². The van der Waals surface area contributed by atoms with Gasteiger partial charge in [0.1, 0.15) is 11.5 Å². The molecule has 2 aromatic heterocycles. The van der Waals surface area contributed by atoms with Crippen molar-refractivity contribution in [2.45, 2.75) is 13.0 Å². The number of amides is 1. The van der Waals surface area contributed by atoms with E-state index in [0.717, 1.165) is 5.82 Å². The molecule has 0 aliphatic carbocycles. The molecule has 1 atom stereocenters. The molecule has 0 spiro atoms. The summed E-state index contributed by atoms with van der Waals surface area (Å²) >= 11 is 0. The molecule has 3 N–H and O–H groups in total. The van der Waals surface area contributed by atoms with Crippen LogP contribution in [0.25, 0.3) is 0 Å². The van der Waals surface area contributed by atoms with E-state index in [-0.39, 0.29) is 11.9 Å². The lowest BCUT2D eigenvalue weighted by Gasteiger charge is -2.09.